The van der Waals surface area contributed by atoms with Crippen molar-refractivity contribution >= 4 is 11.0 Å². The van der Waals surface area contributed by atoms with Crippen molar-refractivity contribution in [3.8, 4) is 0 Å². The van der Waals surface area contributed by atoms with Gasteiger partial charge >= 0.3 is 0 Å². The van der Waals surface area contributed by atoms with E-state index in [1.165, 1.54) is 6.33 Å². The second-order valence-electron chi connectivity index (χ2n) is 2.15. The van der Waals surface area contributed by atoms with Gasteiger partial charge in [-0.3, -0.25) is 0 Å². The van der Waals surface area contributed by atoms with Gasteiger partial charge in [0.2, 0.25) is 0 Å². The Morgan fingerprint density at radius 3 is 3.40 bits per heavy atom. The zero-order chi connectivity index (χ0) is 7.84. The minimum atomic E-state index is 0.288. The van der Waals surface area contributed by atoms with Gasteiger partial charge in [0, 0.05) is 24.8 Å². The van der Waals surface area contributed by atoms with Crippen LogP contribution in [0.3, 0.4) is 0 Å². The first-order valence-corrected chi connectivity index (χ1v) is 3.01. The molecule has 2 rings (SSSR count). The molecule has 50 valence electrons. The summed E-state index contributed by atoms with van der Waals surface area (Å²) in [6.45, 7) is 0. The van der Waals surface area contributed by atoms with Crippen molar-refractivity contribution in [3.63, 3.8) is 0 Å². The summed E-state index contributed by atoms with van der Waals surface area (Å²) in [7, 11) is 1.90. The number of nitrogens with zero attached hydrogens (tertiary/aromatic N) is 3. The molecule has 0 aliphatic heterocycles. The molecule has 0 bridgehead atoms. The average Bonchev–Trinajstić information content (AvgIpc) is 2.35. The summed E-state index contributed by atoms with van der Waals surface area (Å²) in [5.74, 6) is 0. The highest BCUT2D eigenvalue weighted by molar-refractivity contribution is 5.74. The minimum Gasteiger partial charge on any atom is -0.335 e. The van der Waals surface area contributed by atoms with Crippen LogP contribution in [-0.4, -0.2) is 14.5 Å². The van der Waals surface area contributed by atoms with E-state index in [0.29, 0.717) is 0 Å². The maximum atomic E-state index is 7.41. The third-order valence-corrected chi connectivity index (χ3v) is 1.46. The molecule has 0 amide bonds. The summed E-state index contributed by atoms with van der Waals surface area (Å²) < 4.78 is 9.28. The molecular weight excluding hydrogens is 126 g/mol. The summed E-state index contributed by atoms with van der Waals surface area (Å²) in [4.78, 5) is 7.80. The maximum Gasteiger partial charge on any atom is 0.143 e. The Morgan fingerprint density at radius 2 is 2.60 bits per heavy atom. The predicted octanol–water partition coefficient (Wildman–Crippen LogP) is 0.968. The highest BCUT2D eigenvalue weighted by atomic mass is 15.0. The van der Waals surface area contributed by atoms with Crippen LogP contribution in [0, 0.1) is 0 Å². The zero-order valence-electron chi connectivity index (χ0n) is 6.57. The zero-order valence-corrected chi connectivity index (χ0v) is 5.57. The van der Waals surface area contributed by atoms with Gasteiger partial charge in [0.1, 0.15) is 12.0 Å². The Labute approximate surface area is 59.7 Å². The van der Waals surface area contributed by atoms with Crippen LogP contribution in [0.25, 0.3) is 11.0 Å². The molecule has 3 heteroatoms. The van der Waals surface area contributed by atoms with Crippen LogP contribution in [0.5, 0.6) is 0 Å². The monoisotopic (exact) mass is 134 g/mol. The molecular formula is C7H7N3. The van der Waals surface area contributed by atoms with Crippen LogP contribution in [0.4, 0.5) is 0 Å². The fraction of sp³-hybridized carbons (Fsp3) is 0.143. The fourth-order valence-corrected chi connectivity index (χ4v) is 0.951. The molecule has 2 heterocycles. The normalized spacial score (nSPS) is 11.9. The van der Waals surface area contributed by atoms with Crippen LogP contribution < -0.4 is 0 Å². The van der Waals surface area contributed by atoms with Crippen molar-refractivity contribution in [2.75, 3.05) is 0 Å². The SMILES string of the molecule is [2H]c1ncnc2c1ccn2C. The Morgan fingerprint density at radius 1 is 1.70 bits per heavy atom. The molecule has 0 saturated carbocycles. The lowest BCUT2D eigenvalue weighted by atomic mass is 10.4. The van der Waals surface area contributed by atoms with Crippen LogP contribution in [0.2, 0.25) is 0 Å². The molecule has 0 aliphatic carbocycles. The van der Waals surface area contributed by atoms with Gasteiger partial charge in [-0.15, -0.1) is 0 Å². The first-order valence-electron chi connectivity index (χ1n) is 3.51. The molecule has 2 aromatic rings. The van der Waals surface area contributed by atoms with E-state index in [9.17, 15) is 0 Å². The molecule has 0 N–H and O–H groups in total. The number of aromatic nitrogens is 3. The van der Waals surface area contributed by atoms with E-state index in [1.807, 2.05) is 23.9 Å². The average molecular weight is 134 g/mol. The molecule has 2 aromatic heterocycles. The van der Waals surface area contributed by atoms with Crippen LogP contribution in [0.15, 0.2) is 24.8 Å². The van der Waals surface area contributed by atoms with Crippen molar-refractivity contribution < 1.29 is 1.37 Å². The Balaban J connectivity index is 2.94. The van der Waals surface area contributed by atoms with Gasteiger partial charge in [-0.2, -0.15) is 0 Å². The van der Waals surface area contributed by atoms with E-state index in [2.05, 4.69) is 9.97 Å². The Hall–Kier alpha value is -1.38. The molecule has 0 atom stereocenters. The van der Waals surface area contributed by atoms with E-state index in [0.717, 1.165) is 11.0 Å². The smallest absolute Gasteiger partial charge is 0.143 e. The summed E-state index contributed by atoms with van der Waals surface area (Å²) in [6, 6.07) is 1.84. The quantitative estimate of drug-likeness (QED) is 0.537. The molecule has 0 saturated heterocycles. The van der Waals surface area contributed by atoms with Crippen LogP contribution in [-0.2, 0) is 7.05 Å². The molecule has 0 unspecified atom stereocenters. The van der Waals surface area contributed by atoms with Crippen molar-refractivity contribution in [2.24, 2.45) is 7.05 Å². The maximum absolute atomic E-state index is 7.41. The summed E-state index contributed by atoms with van der Waals surface area (Å²) in [5.41, 5.74) is 0.810. The predicted molar refractivity (Wildman–Crippen MR) is 38.5 cm³/mol. The first kappa shape index (κ1) is 4.44. The lowest BCUT2D eigenvalue weighted by Crippen LogP contribution is -1.86. The van der Waals surface area contributed by atoms with E-state index < -0.39 is 0 Å². The number of hydrogen-bond donors (Lipinski definition) is 0. The molecule has 0 spiro atoms. The van der Waals surface area contributed by atoms with Gasteiger partial charge in [0.05, 0.1) is 1.37 Å². The third kappa shape index (κ3) is 0.603. The molecule has 0 aromatic carbocycles. The molecule has 3 nitrogen and oxygen atoms in total. The largest absolute Gasteiger partial charge is 0.335 e. The van der Waals surface area contributed by atoms with Gasteiger partial charge in [-0.25, -0.2) is 9.97 Å². The summed E-state index contributed by atoms with van der Waals surface area (Å²) in [5, 5.41) is 0.801. The van der Waals surface area contributed by atoms with Gasteiger partial charge in [0.15, 0.2) is 0 Å². The first-order chi connectivity index (χ1) is 5.29. The second-order valence-corrected chi connectivity index (χ2v) is 2.15. The van der Waals surface area contributed by atoms with E-state index in [1.54, 1.807) is 0 Å². The number of fused-ring (bicyclic) bond motifs is 1. The number of rotatable bonds is 0. The minimum absolute atomic E-state index is 0.288. The second kappa shape index (κ2) is 1.80. The number of hydrogen-bond acceptors (Lipinski definition) is 2. The molecule has 10 heavy (non-hydrogen) atoms. The lowest BCUT2D eigenvalue weighted by Gasteiger charge is -1.90. The van der Waals surface area contributed by atoms with E-state index >= 15 is 0 Å². The standard InChI is InChI=1S/C7H7N3/c1-10-3-2-6-4-8-5-9-7(6)10/h2-5H,1H3/i4D. The van der Waals surface area contributed by atoms with Gasteiger partial charge in [-0.05, 0) is 6.07 Å². The van der Waals surface area contributed by atoms with Crippen molar-refractivity contribution in [3.05, 3.63) is 24.8 Å². The van der Waals surface area contributed by atoms with Gasteiger partial charge in [-0.1, -0.05) is 0 Å². The highest BCUT2D eigenvalue weighted by Gasteiger charge is 1.94. The van der Waals surface area contributed by atoms with Crippen molar-refractivity contribution in [1.82, 2.24) is 14.5 Å². The van der Waals surface area contributed by atoms with Gasteiger partial charge in [0.25, 0.3) is 0 Å². The summed E-state index contributed by atoms with van der Waals surface area (Å²) in [6.07, 6.45) is 3.57. The van der Waals surface area contributed by atoms with Crippen LogP contribution in [0.1, 0.15) is 1.37 Å². The lowest BCUT2D eigenvalue weighted by molar-refractivity contribution is 0.943. The van der Waals surface area contributed by atoms with E-state index in [-0.39, 0.29) is 6.17 Å². The van der Waals surface area contributed by atoms with Crippen LogP contribution >= 0.6 is 0 Å². The molecule has 0 radical (unpaired) electrons. The topological polar surface area (TPSA) is 30.7 Å². The molecule has 0 aliphatic rings. The summed E-state index contributed by atoms with van der Waals surface area (Å²) >= 11 is 0. The highest BCUT2D eigenvalue weighted by Crippen LogP contribution is 2.07. The number of aryl methyl sites for hydroxylation is 1. The van der Waals surface area contributed by atoms with Gasteiger partial charge < -0.3 is 4.57 Å². The Kier molecular flexibility index (Phi) is 0.799. The van der Waals surface area contributed by atoms with Crippen molar-refractivity contribution in [2.45, 2.75) is 0 Å². The van der Waals surface area contributed by atoms with Crippen molar-refractivity contribution in [1.29, 1.82) is 0 Å². The van der Waals surface area contributed by atoms with E-state index in [4.69, 9.17) is 1.37 Å². The third-order valence-electron chi connectivity index (χ3n) is 1.46. The fourth-order valence-electron chi connectivity index (χ4n) is 0.951. The Bertz CT molecular complexity index is 393. The molecule has 0 fully saturated rings.